The molecule has 0 aliphatic carbocycles. The maximum Gasteiger partial charge on any atom is 0.315 e. The number of nitrogens with one attached hydrogen (secondary N) is 2. The quantitative estimate of drug-likeness (QED) is 0.723. The van der Waals surface area contributed by atoms with Crippen molar-refractivity contribution in [2.24, 2.45) is 5.41 Å². The van der Waals surface area contributed by atoms with Gasteiger partial charge in [-0.3, -0.25) is 4.79 Å². The molecule has 0 unspecified atom stereocenters. The lowest BCUT2D eigenvalue weighted by molar-refractivity contribution is -0.149. The lowest BCUT2D eigenvalue weighted by Gasteiger charge is -2.26. The predicted octanol–water partition coefficient (Wildman–Crippen LogP) is 2.69. The zero-order chi connectivity index (χ0) is 15.9. The summed E-state index contributed by atoms with van der Waals surface area (Å²) < 4.78 is 0. The second-order valence-corrected chi connectivity index (χ2v) is 5.32. The summed E-state index contributed by atoms with van der Waals surface area (Å²) in [6.07, 6.45) is 0.966. The van der Waals surface area contributed by atoms with E-state index in [1.807, 2.05) is 45.0 Å². The van der Waals surface area contributed by atoms with Crippen molar-refractivity contribution in [3.8, 4) is 0 Å². The molecule has 1 aromatic rings. The van der Waals surface area contributed by atoms with Gasteiger partial charge in [-0.1, -0.05) is 43.7 Å². The molecule has 0 atom stereocenters. The van der Waals surface area contributed by atoms with Crippen LogP contribution in [0.3, 0.4) is 0 Å². The van der Waals surface area contributed by atoms with Gasteiger partial charge in [-0.15, -0.1) is 0 Å². The number of hydrogen-bond acceptors (Lipinski definition) is 2. The van der Waals surface area contributed by atoms with Gasteiger partial charge >= 0.3 is 12.0 Å². The molecular weight excluding hydrogens is 268 g/mol. The Morgan fingerprint density at radius 1 is 1.19 bits per heavy atom. The highest BCUT2D eigenvalue weighted by Gasteiger charge is 2.35. The molecule has 0 aliphatic rings. The molecule has 0 fully saturated rings. The van der Waals surface area contributed by atoms with Crippen molar-refractivity contribution in [2.75, 3.05) is 6.54 Å². The minimum atomic E-state index is -0.888. The smallest absolute Gasteiger partial charge is 0.315 e. The topological polar surface area (TPSA) is 78.4 Å². The number of urea groups is 1. The summed E-state index contributed by atoms with van der Waals surface area (Å²) in [5, 5.41) is 14.7. The Kier molecular flexibility index (Phi) is 6.21. The Morgan fingerprint density at radius 3 is 2.38 bits per heavy atom. The highest BCUT2D eigenvalue weighted by Crippen LogP contribution is 2.25. The number of carbonyl (C=O) groups excluding carboxylic acids is 1. The summed E-state index contributed by atoms with van der Waals surface area (Å²) in [6.45, 7) is 6.20. The fraction of sp³-hybridized carbons (Fsp3) is 0.500. The molecule has 5 heteroatoms. The van der Waals surface area contributed by atoms with Gasteiger partial charge in [0, 0.05) is 13.1 Å². The van der Waals surface area contributed by atoms with Crippen molar-refractivity contribution in [2.45, 2.75) is 40.2 Å². The summed E-state index contributed by atoms with van der Waals surface area (Å²) >= 11 is 0. The minimum Gasteiger partial charge on any atom is -0.481 e. The average Bonchev–Trinajstić information content (AvgIpc) is 2.46. The fourth-order valence-corrected chi connectivity index (χ4v) is 2.19. The minimum absolute atomic E-state index is 0.134. The van der Waals surface area contributed by atoms with Gasteiger partial charge in [-0.25, -0.2) is 4.79 Å². The molecule has 0 heterocycles. The lowest BCUT2D eigenvalue weighted by atomic mass is 9.82. The molecule has 0 bridgehead atoms. The van der Waals surface area contributed by atoms with Crippen molar-refractivity contribution >= 4 is 12.0 Å². The van der Waals surface area contributed by atoms with Crippen LogP contribution in [-0.2, 0) is 11.3 Å². The number of carboxylic acid groups (broad SMARTS) is 1. The van der Waals surface area contributed by atoms with E-state index >= 15 is 0 Å². The van der Waals surface area contributed by atoms with E-state index in [1.54, 1.807) is 0 Å². The molecule has 3 N–H and O–H groups in total. The van der Waals surface area contributed by atoms with Crippen molar-refractivity contribution < 1.29 is 14.7 Å². The van der Waals surface area contributed by atoms with Crippen molar-refractivity contribution in [3.05, 3.63) is 35.4 Å². The molecule has 2 amide bonds. The first-order valence-electron chi connectivity index (χ1n) is 7.24. The third kappa shape index (κ3) is 4.77. The second-order valence-electron chi connectivity index (χ2n) is 5.32. The van der Waals surface area contributed by atoms with Gasteiger partial charge in [0.05, 0.1) is 5.41 Å². The first kappa shape index (κ1) is 17.0. The molecule has 0 aromatic heterocycles. The number of aryl methyl sites for hydroxylation is 1. The molecule has 0 saturated heterocycles. The Hall–Kier alpha value is -2.04. The second kappa shape index (κ2) is 7.67. The third-order valence-electron chi connectivity index (χ3n) is 3.93. The highest BCUT2D eigenvalue weighted by atomic mass is 16.4. The Bertz CT molecular complexity index is 496. The Balaban J connectivity index is 2.49. The van der Waals surface area contributed by atoms with E-state index in [0.717, 1.165) is 11.1 Å². The molecule has 0 radical (unpaired) electrons. The highest BCUT2D eigenvalue weighted by molar-refractivity contribution is 5.78. The van der Waals surface area contributed by atoms with Gasteiger partial charge in [0.25, 0.3) is 0 Å². The van der Waals surface area contributed by atoms with E-state index in [0.29, 0.717) is 19.4 Å². The Morgan fingerprint density at radius 2 is 1.86 bits per heavy atom. The van der Waals surface area contributed by atoms with Gasteiger partial charge in [-0.05, 0) is 25.3 Å². The first-order valence-corrected chi connectivity index (χ1v) is 7.24. The molecule has 1 aromatic carbocycles. The molecule has 0 saturated carbocycles. The van der Waals surface area contributed by atoms with E-state index in [1.165, 1.54) is 0 Å². The van der Waals surface area contributed by atoms with Gasteiger partial charge < -0.3 is 15.7 Å². The number of rotatable bonds is 7. The number of aliphatic carboxylic acids is 1. The lowest BCUT2D eigenvalue weighted by Crippen LogP contribution is -2.45. The zero-order valence-corrected chi connectivity index (χ0v) is 12.9. The van der Waals surface area contributed by atoms with Crippen molar-refractivity contribution in [1.29, 1.82) is 0 Å². The van der Waals surface area contributed by atoms with Crippen molar-refractivity contribution in [1.82, 2.24) is 10.6 Å². The van der Waals surface area contributed by atoms with Crippen LogP contribution in [0.15, 0.2) is 24.3 Å². The number of hydrogen-bond donors (Lipinski definition) is 3. The summed E-state index contributed by atoms with van der Waals surface area (Å²) in [5.41, 5.74) is 1.26. The number of amides is 2. The summed E-state index contributed by atoms with van der Waals surface area (Å²) in [6, 6.07) is 7.53. The van der Waals surface area contributed by atoms with Gasteiger partial charge in [0.2, 0.25) is 0 Å². The number of carboxylic acids is 1. The molecule has 1 rings (SSSR count). The van der Waals surface area contributed by atoms with E-state index in [-0.39, 0.29) is 12.6 Å². The van der Waals surface area contributed by atoms with Gasteiger partial charge in [0.15, 0.2) is 0 Å². The van der Waals surface area contributed by atoms with Crippen LogP contribution in [0.5, 0.6) is 0 Å². The summed E-state index contributed by atoms with van der Waals surface area (Å²) in [5.74, 6) is -0.869. The maximum atomic E-state index is 11.8. The maximum absolute atomic E-state index is 11.8. The molecule has 0 spiro atoms. The van der Waals surface area contributed by atoms with Crippen LogP contribution in [0.25, 0.3) is 0 Å². The third-order valence-corrected chi connectivity index (χ3v) is 3.93. The zero-order valence-electron chi connectivity index (χ0n) is 12.9. The van der Waals surface area contributed by atoms with Crippen LogP contribution in [-0.4, -0.2) is 23.7 Å². The molecule has 0 aliphatic heterocycles. The first-order chi connectivity index (χ1) is 9.93. The van der Waals surface area contributed by atoms with Crippen molar-refractivity contribution in [3.63, 3.8) is 0 Å². The molecule has 5 nitrogen and oxygen atoms in total. The normalized spacial score (nSPS) is 11.0. The van der Waals surface area contributed by atoms with Crippen LogP contribution in [0.1, 0.15) is 37.8 Å². The molecule has 21 heavy (non-hydrogen) atoms. The standard InChI is InChI=1S/C16H24N2O3/c1-4-16(5-2,14(19)20)11-18-15(21)17-10-13-8-6-7-12(3)9-13/h6-9H,4-5,10-11H2,1-3H3,(H,19,20)(H2,17,18,21). The summed E-state index contributed by atoms with van der Waals surface area (Å²) in [7, 11) is 0. The largest absolute Gasteiger partial charge is 0.481 e. The number of carbonyl (C=O) groups is 2. The van der Waals surface area contributed by atoms with Crippen LogP contribution in [0, 0.1) is 12.3 Å². The molecule has 116 valence electrons. The monoisotopic (exact) mass is 292 g/mol. The van der Waals surface area contributed by atoms with Gasteiger partial charge in [0.1, 0.15) is 0 Å². The Labute approximate surface area is 125 Å². The van der Waals surface area contributed by atoms with Gasteiger partial charge in [-0.2, -0.15) is 0 Å². The number of benzene rings is 1. The van der Waals surface area contributed by atoms with Crippen LogP contribution in [0.2, 0.25) is 0 Å². The van der Waals surface area contributed by atoms with E-state index in [2.05, 4.69) is 10.6 Å². The molecular formula is C16H24N2O3. The fourth-order valence-electron chi connectivity index (χ4n) is 2.19. The van der Waals surface area contributed by atoms with Crippen LogP contribution >= 0.6 is 0 Å². The average molecular weight is 292 g/mol. The predicted molar refractivity (Wildman–Crippen MR) is 82.1 cm³/mol. The van der Waals surface area contributed by atoms with Crippen LogP contribution in [0.4, 0.5) is 4.79 Å². The van der Waals surface area contributed by atoms with E-state index in [4.69, 9.17) is 0 Å². The summed E-state index contributed by atoms with van der Waals surface area (Å²) in [4.78, 5) is 23.1. The van der Waals surface area contributed by atoms with E-state index in [9.17, 15) is 14.7 Å². The van der Waals surface area contributed by atoms with E-state index < -0.39 is 11.4 Å². The van der Waals surface area contributed by atoms with Crippen LogP contribution < -0.4 is 10.6 Å². The SMILES string of the molecule is CCC(CC)(CNC(=O)NCc1cccc(C)c1)C(=O)O.